The lowest BCUT2D eigenvalue weighted by Crippen LogP contribution is -2.26. The third-order valence-electron chi connectivity index (χ3n) is 3.52. The predicted octanol–water partition coefficient (Wildman–Crippen LogP) is 3.94. The van der Waals surface area contributed by atoms with Crippen LogP contribution >= 0.6 is 0 Å². The summed E-state index contributed by atoms with van der Waals surface area (Å²) in [5.74, 6) is -1.03. The molecule has 1 heterocycles. The van der Waals surface area contributed by atoms with Crippen LogP contribution in [0, 0.1) is 11.6 Å². The minimum absolute atomic E-state index is 0.326. The second kappa shape index (κ2) is 5.60. The highest BCUT2D eigenvalue weighted by Gasteiger charge is 2.14. The fourth-order valence-corrected chi connectivity index (χ4v) is 2.36. The number of hydrogen-bond donors (Lipinski definition) is 2. The Labute approximate surface area is 126 Å². The molecule has 0 spiro atoms. The van der Waals surface area contributed by atoms with Crippen LogP contribution in [0.2, 0.25) is 0 Å². The summed E-state index contributed by atoms with van der Waals surface area (Å²) in [5.41, 5.74) is 1.70. The summed E-state index contributed by atoms with van der Waals surface area (Å²) < 4.78 is 26.4. The molecule has 3 nitrogen and oxygen atoms in total. The minimum Gasteiger partial charge on any atom is -0.351 e. The van der Waals surface area contributed by atoms with E-state index in [4.69, 9.17) is 0 Å². The van der Waals surface area contributed by atoms with Crippen LogP contribution in [0.1, 0.15) is 29.0 Å². The van der Waals surface area contributed by atoms with Gasteiger partial charge in [-0.3, -0.25) is 4.79 Å². The molecule has 0 aliphatic rings. The van der Waals surface area contributed by atoms with Crippen LogP contribution in [0.15, 0.2) is 48.5 Å². The van der Waals surface area contributed by atoms with Crippen molar-refractivity contribution in [3.05, 3.63) is 71.4 Å². The zero-order valence-corrected chi connectivity index (χ0v) is 11.9. The molecule has 1 aromatic heterocycles. The summed E-state index contributed by atoms with van der Waals surface area (Å²) in [6.45, 7) is 1.77. The Morgan fingerprint density at radius 1 is 1.09 bits per heavy atom. The zero-order valence-electron chi connectivity index (χ0n) is 11.9. The zero-order chi connectivity index (χ0) is 15.7. The van der Waals surface area contributed by atoms with Crippen molar-refractivity contribution in [1.82, 2.24) is 10.3 Å². The van der Waals surface area contributed by atoms with E-state index >= 15 is 0 Å². The summed E-state index contributed by atoms with van der Waals surface area (Å²) >= 11 is 0. The Bertz CT molecular complexity index is 842. The number of nitrogens with one attached hydrogen (secondary N) is 2. The van der Waals surface area contributed by atoms with Crippen LogP contribution in [-0.4, -0.2) is 10.9 Å². The molecular formula is C17H14F2N2O. The number of halogens is 2. The maximum Gasteiger partial charge on any atom is 0.268 e. The van der Waals surface area contributed by atoms with E-state index in [9.17, 15) is 13.6 Å². The summed E-state index contributed by atoms with van der Waals surface area (Å²) in [4.78, 5) is 15.2. The van der Waals surface area contributed by atoms with Gasteiger partial charge in [0.05, 0.1) is 6.04 Å². The molecule has 0 radical (unpaired) electrons. The first-order valence-electron chi connectivity index (χ1n) is 6.87. The lowest BCUT2D eigenvalue weighted by Gasteiger charge is -2.13. The topological polar surface area (TPSA) is 44.9 Å². The van der Waals surface area contributed by atoms with Crippen LogP contribution in [0.5, 0.6) is 0 Å². The van der Waals surface area contributed by atoms with E-state index in [0.29, 0.717) is 22.2 Å². The standard InChI is InChI=1S/C17H14F2N2O/c1-10(11-3-2-4-13(18)7-11)20-17(22)16-9-12-8-14(19)5-6-15(12)21-16/h2-10,21H,1H3,(H,20,22)/t10-/m1/s1. The lowest BCUT2D eigenvalue weighted by atomic mass is 10.1. The molecule has 1 amide bonds. The van der Waals surface area contributed by atoms with Gasteiger partial charge in [-0.05, 0) is 48.9 Å². The third kappa shape index (κ3) is 2.83. The van der Waals surface area contributed by atoms with Gasteiger partial charge in [0.2, 0.25) is 0 Å². The number of fused-ring (bicyclic) bond motifs is 1. The van der Waals surface area contributed by atoms with Crippen LogP contribution in [0.3, 0.4) is 0 Å². The number of carbonyl (C=O) groups is 1. The Morgan fingerprint density at radius 2 is 1.86 bits per heavy atom. The molecular weight excluding hydrogens is 286 g/mol. The maximum absolute atomic E-state index is 13.2. The normalized spacial score (nSPS) is 12.3. The Balaban J connectivity index is 1.80. The van der Waals surface area contributed by atoms with Crippen LogP contribution < -0.4 is 5.32 Å². The first-order valence-corrected chi connectivity index (χ1v) is 6.87. The molecule has 0 bridgehead atoms. The van der Waals surface area contributed by atoms with E-state index in [-0.39, 0.29) is 23.6 Å². The van der Waals surface area contributed by atoms with Crippen molar-refractivity contribution < 1.29 is 13.6 Å². The van der Waals surface area contributed by atoms with Gasteiger partial charge in [-0.1, -0.05) is 12.1 Å². The van der Waals surface area contributed by atoms with Gasteiger partial charge in [-0.2, -0.15) is 0 Å². The molecule has 0 unspecified atom stereocenters. The first kappa shape index (κ1) is 14.3. The van der Waals surface area contributed by atoms with Crippen molar-refractivity contribution in [1.29, 1.82) is 0 Å². The molecule has 2 N–H and O–H groups in total. The quantitative estimate of drug-likeness (QED) is 0.756. The molecule has 1 atom stereocenters. The summed E-state index contributed by atoms with van der Waals surface area (Å²) in [7, 11) is 0. The number of aromatic nitrogens is 1. The van der Waals surface area contributed by atoms with Gasteiger partial charge in [-0.25, -0.2) is 8.78 Å². The molecule has 0 saturated heterocycles. The first-order chi connectivity index (χ1) is 10.5. The van der Waals surface area contributed by atoms with Gasteiger partial charge in [0.1, 0.15) is 17.3 Å². The van der Waals surface area contributed by atoms with E-state index in [1.807, 2.05) is 0 Å². The highest BCUT2D eigenvalue weighted by atomic mass is 19.1. The van der Waals surface area contributed by atoms with Crippen molar-refractivity contribution in [2.24, 2.45) is 0 Å². The molecule has 0 fully saturated rings. The largest absolute Gasteiger partial charge is 0.351 e. The highest BCUT2D eigenvalue weighted by Crippen LogP contribution is 2.18. The molecule has 0 aliphatic carbocycles. The molecule has 3 aromatic rings. The Hall–Kier alpha value is -2.69. The number of aromatic amines is 1. The SMILES string of the molecule is C[C@@H](NC(=O)c1cc2cc(F)ccc2[nH]1)c1cccc(F)c1. The average Bonchev–Trinajstić information content (AvgIpc) is 2.90. The van der Waals surface area contributed by atoms with Gasteiger partial charge in [0.15, 0.2) is 0 Å². The van der Waals surface area contributed by atoms with E-state index in [1.54, 1.807) is 31.2 Å². The van der Waals surface area contributed by atoms with Crippen LogP contribution in [0.4, 0.5) is 8.78 Å². The number of benzene rings is 2. The molecule has 22 heavy (non-hydrogen) atoms. The third-order valence-corrected chi connectivity index (χ3v) is 3.52. The Morgan fingerprint density at radius 3 is 2.64 bits per heavy atom. The number of carbonyl (C=O) groups excluding carboxylic acids is 1. The smallest absolute Gasteiger partial charge is 0.268 e. The minimum atomic E-state index is -0.355. The van der Waals surface area contributed by atoms with Crippen LogP contribution in [-0.2, 0) is 0 Å². The second-order valence-electron chi connectivity index (χ2n) is 5.16. The highest BCUT2D eigenvalue weighted by molar-refractivity contribution is 5.98. The molecule has 3 rings (SSSR count). The molecule has 5 heteroatoms. The number of H-pyrrole nitrogens is 1. The number of amides is 1. The number of hydrogen-bond acceptors (Lipinski definition) is 1. The van der Waals surface area contributed by atoms with E-state index in [1.165, 1.54) is 24.3 Å². The summed E-state index contributed by atoms with van der Waals surface area (Å²) in [6.07, 6.45) is 0. The second-order valence-corrected chi connectivity index (χ2v) is 5.16. The van der Waals surface area contributed by atoms with Crippen molar-refractivity contribution in [3.63, 3.8) is 0 Å². The van der Waals surface area contributed by atoms with Gasteiger partial charge >= 0.3 is 0 Å². The van der Waals surface area contributed by atoms with E-state index < -0.39 is 0 Å². The Kier molecular flexibility index (Phi) is 3.63. The van der Waals surface area contributed by atoms with Crippen molar-refractivity contribution in [2.75, 3.05) is 0 Å². The fourth-order valence-electron chi connectivity index (χ4n) is 2.36. The van der Waals surface area contributed by atoms with Crippen molar-refractivity contribution in [3.8, 4) is 0 Å². The van der Waals surface area contributed by atoms with Crippen LogP contribution in [0.25, 0.3) is 10.9 Å². The average molecular weight is 300 g/mol. The number of rotatable bonds is 3. The molecule has 112 valence electrons. The van der Waals surface area contributed by atoms with Crippen molar-refractivity contribution >= 4 is 16.8 Å². The van der Waals surface area contributed by atoms with Gasteiger partial charge < -0.3 is 10.3 Å². The fraction of sp³-hybridized carbons (Fsp3) is 0.118. The van der Waals surface area contributed by atoms with Gasteiger partial charge in [-0.15, -0.1) is 0 Å². The summed E-state index contributed by atoms with van der Waals surface area (Å²) in [6, 6.07) is 11.6. The van der Waals surface area contributed by atoms with Gasteiger partial charge in [0.25, 0.3) is 5.91 Å². The van der Waals surface area contributed by atoms with Gasteiger partial charge in [0, 0.05) is 10.9 Å². The lowest BCUT2D eigenvalue weighted by molar-refractivity contribution is 0.0935. The maximum atomic E-state index is 13.2. The van der Waals surface area contributed by atoms with Crippen molar-refractivity contribution in [2.45, 2.75) is 13.0 Å². The predicted molar refractivity (Wildman–Crippen MR) is 80.5 cm³/mol. The summed E-state index contributed by atoms with van der Waals surface area (Å²) in [5, 5.41) is 3.41. The molecule has 2 aromatic carbocycles. The molecule has 0 saturated carbocycles. The monoisotopic (exact) mass is 300 g/mol. The van der Waals surface area contributed by atoms with E-state index in [2.05, 4.69) is 10.3 Å². The molecule has 0 aliphatic heterocycles. The van der Waals surface area contributed by atoms with E-state index in [0.717, 1.165) is 0 Å².